The largest absolute Gasteiger partial charge is 0.457 e. The van der Waals surface area contributed by atoms with Crippen LogP contribution in [0.25, 0.3) is 4.85 Å². The molecule has 27 heavy (non-hydrogen) atoms. The number of aryl methyl sites for hydroxylation is 2. The summed E-state index contributed by atoms with van der Waals surface area (Å²) in [6.45, 7) is 9.01. The summed E-state index contributed by atoms with van der Waals surface area (Å²) in [4.78, 5) is 27.1. The Hall–Kier alpha value is -2.78. The minimum absolute atomic E-state index is 0.0546. The van der Waals surface area contributed by atoms with Crippen molar-refractivity contribution in [2.24, 2.45) is 0 Å². The van der Waals surface area contributed by atoms with Gasteiger partial charge < -0.3 is 4.74 Å². The van der Waals surface area contributed by atoms with Gasteiger partial charge in [0.1, 0.15) is 16.7 Å². The fraction of sp³-hybridized carbons (Fsp3) is 0.286. The molecule has 1 N–H and O–H groups in total. The Morgan fingerprint density at radius 1 is 1.22 bits per heavy atom. The molecule has 2 atom stereocenters. The smallest absolute Gasteiger partial charge is 0.286 e. The van der Waals surface area contributed by atoms with Gasteiger partial charge in [-0.05, 0) is 67.1 Å². The SMILES string of the molecule is [C-]#[N+]c1ccc(Oc2ccc3c(c2)CCC[C@H]3C2SC(=O)NC2=O)c(C)c1. The molecule has 1 aliphatic heterocycles. The van der Waals surface area contributed by atoms with Crippen LogP contribution in [0.1, 0.15) is 35.4 Å². The summed E-state index contributed by atoms with van der Waals surface area (Å²) < 4.78 is 6.03. The van der Waals surface area contributed by atoms with Crippen molar-refractivity contribution < 1.29 is 14.3 Å². The molecule has 2 amide bonds. The van der Waals surface area contributed by atoms with E-state index in [4.69, 9.17) is 11.3 Å². The maximum Gasteiger partial charge on any atom is 0.286 e. The monoisotopic (exact) mass is 378 g/mol. The summed E-state index contributed by atoms with van der Waals surface area (Å²) in [5, 5.41) is 1.80. The first kappa shape index (κ1) is 17.6. The third-order valence-corrected chi connectivity index (χ3v) is 6.19. The predicted molar refractivity (Wildman–Crippen MR) is 105 cm³/mol. The number of rotatable bonds is 3. The lowest BCUT2D eigenvalue weighted by Crippen LogP contribution is -2.30. The molecule has 0 radical (unpaired) electrons. The summed E-state index contributed by atoms with van der Waals surface area (Å²) in [5.74, 6) is 1.34. The second-order valence-electron chi connectivity index (χ2n) is 6.84. The van der Waals surface area contributed by atoms with E-state index in [0.717, 1.165) is 53.7 Å². The van der Waals surface area contributed by atoms with E-state index in [2.05, 4.69) is 10.2 Å². The second kappa shape index (κ2) is 7.09. The van der Waals surface area contributed by atoms with Gasteiger partial charge in [-0.3, -0.25) is 14.9 Å². The Morgan fingerprint density at radius 2 is 2.07 bits per heavy atom. The summed E-state index contributed by atoms with van der Waals surface area (Å²) in [6, 6.07) is 11.3. The molecule has 1 aliphatic carbocycles. The molecule has 5 nitrogen and oxygen atoms in total. The molecule has 136 valence electrons. The van der Waals surface area contributed by atoms with Crippen LogP contribution in [0.5, 0.6) is 11.5 Å². The van der Waals surface area contributed by atoms with Gasteiger partial charge in [0.2, 0.25) is 5.91 Å². The van der Waals surface area contributed by atoms with Crippen molar-refractivity contribution in [3.63, 3.8) is 0 Å². The fourth-order valence-corrected chi connectivity index (χ4v) is 4.79. The molecule has 1 saturated heterocycles. The van der Waals surface area contributed by atoms with Gasteiger partial charge in [0.05, 0.1) is 6.57 Å². The summed E-state index contributed by atoms with van der Waals surface area (Å²) >= 11 is 1.10. The molecule has 4 rings (SSSR count). The third-order valence-electron chi connectivity index (χ3n) is 5.07. The molecule has 2 aromatic rings. The lowest BCUT2D eigenvalue weighted by molar-refractivity contribution is -0.119. The number of imide groups is 1. The average Bonchev–Trinajstić information content (AvgIpc) is 3.00. The zero-order valence-corrected chi connectivity index (χ0v) is 15.6. The minimum Gasteiger partial charge on any atom is -0.457 e. The van der Waals surface area contributed by atoms with E-state index in [1.807, 2.05) is 37.3 Å². The van der Waals surface area contributed by atoms with E-state index in [0.29, 0.717) is 5.69 Å². The first-order valence-electron chi connectivity index (χ1n) is 8.85. The molecule has 6 heteroatoms. The van der Waals surface area contributed by atoms with E-state index in [9.17, 15) is 9.59 Å². The first-order valence-corrected chi connectivity index (χ1v) is 9.73. The minimum atomic E-state index is -0.341. The molecular formula is C21H18N2O3S. The van der Waals surface area contributed by atoms with E-state index in [-0.39, 0.29) is 22.3 Å². The molecule has 0 aromatic heterocycles. The Bertz CT molecular complexity index is 980. The highest BCUT2D eigenvalue weighted by Gasteiger charge is 2.40. The average molecular weight is 378 g/mol. The highest BCUT2D eigenvalue weighted by Crippen LogP contribution is 2.42. The first-order chi connectivity index (χ1) is 13.0. The zero-order chi connectivity index (χ0) is 19.0. The van der Waals surface area contributed by atoms with Gasteiger partial charge in [0.15, 0.2) is 5.69 Å². The van der Waals surface area contributed by atoms with Crippen molar-refractivity contribution >= 4 is 28.6 Å². The van der Waals surface area contributed by atoms with E-state index >= 15 is 0 Å². The highest BCUT2D eigenvalue weighted by molar-refractivity contribution is 8.15. The van der Waals surface area contributed by atoms with Gasteiger partial charge in [0.25, 0.3) is 5.24 Å². The normalized spacial score (nSPS) is 21.3. The van der Waals surface area contributed by atoms with Crippen molar-refractivity contribution in [3.8, 4) is 11.5 Å². The lowest BCUT2D eigenvalue weighted by atomic mass is 9.80. The van der Waals surface area contributed by atoms with Crippen LogP contribution in [0.2, 0.25) is 0 Å². The summed E-state index contributed by atoms with van der Waals surface area (Å²) in [7, 11) is 0. The third kappa shape index (κ3) is 3.43. The predicted octanol–water partition coefficient (Wildman–Crippen LogP) is 5.11. The number of thioether (sulfide) groups is 1. The Balaban J connectivity index is 1.59. The molecule has 1 heterocycles. The number of benzene rings is 2. The van der Waals surface area contributed by atoms with Crippen LogP contribution in [-0.4, -0.2) is 16.4 Å². The van der Waals surface area contributed by atoms with Crippen molar-refractivity contribution in [2.75, 3.05) is 0 Å². The molecular weight excluding hydrogens is 360 g/mol. The van der Waals surface area contributed by atoms with E-state index < -0.39 is 0 Å². The molecule has 1 unspecified atom stereocenters. The van der Waals surface area contributed by atoms with Crippen molar-refractivity contribution in [3.05, 3.63) is 64.5 Å². The van der Waals surface area contributed by atoms with Crippen molar-refractivity contribution in [1.29, 1.82) is 0 Å². The van der Waals surface area contributed by atoms with Gasteiger partial charge in [0, 0.05) is 5.92 Å². The number of hydrogen-bond donors (Lipinski definition) is 1. The Labute approximate surface area is 161 Å². The van der Waals surface area contributed by atoms with Gasteiger partial charge in [-0.15, -0.1) is 0 Å². The molecule has 0 saturated carbocycles. The van der Waals surface area contributed by atoms with Gasteiger partial charge >= 0.3 is 0 Å². The fourth-order valence-electron chi connectivity index (χ4n) is 3.79. The number of amides is 2. The number of hydrogen-bond acceptors (Lipinski definition) is 4. The van der Waals surface area contributed by atoms with Crippen LogP contribution in [0.4, 0.5) is 10.5 Å². The summed E-state index contributed by atoms with van der Waals surface area (Å²) in [5.41, 5.74) is 3.81. The highest BCUT2D eigenvalue weighted by atomic mass is 32.2. The maximum absolute atomic E-state index is 12.1. The quantitative estimate of drug-likeness (QED) is 0.754. The van der Waals surface area contributed by atoms with Gasteiger partial charge in [-0.2, -0.15) is 0 Å². The Kier molecular flexibility index (Phi) is 4.63. The van der Waals surface area contributed by atoms with Crippen molar-refractivity contribution in [1.82, 2.24) is 5.32 Å². The second-order valence-corrected chi connectivity index (χ2v) is 7.95. The summed E-state index contributed by atoms with van der Waals surface area (Å²) in [6.07, 6.45) is 2.83. The van der Waals surface area contributed by atoms with Crippen LogP contribution < -0.4 is 10.1 Å². The topological polar surface area (TPSA) is 59.8 Å². The van der Waals surface area contributed by atoms with Crippen LogP contribution in [-0.2, 0) is 11.2 Å². The number of nitrogens with one attached hydrogen (secondary N) is 1. The van der Waals surface area contributed by atoms with Crippen LogP contribution in [0.3, 0.4) is 0 Å². The molecule has 0 bridgehead atoms. The lowest BCUT2D eigenvalue weighted by Gasteiger charge is -2.28. The number of carbonyl (C=O) groups is 2. The molecule has 2 aromatic carbocycles. The van der Waals surface area contributed by atoms with Crippen LogP contribution in [0.15, 0.2) is 36.4 Å². The molecule has 2 aliphatic rings. The van der Waals surface area contributed by atoms with Gasteiger partial charge in [-0.1, -0.05) is 23.9 Å². The number of nitrogens with zero attached hydrogens (tertiary/aromatic N) is 1. The van der Waals surface area contributed by atoms with Crippen LogP contribution >= 0.6 is 11.8 Å². The van der Waals surface area contributed by atoms with Crippen LogP contribution in [0, 0.1) is 13.5 Å². The number of ether oxygens (including phenoxy) is 1. The zero-order valence-electron chi connectivity index (χ0n) is 14.8. The van der Waals surface area contributed by atoms with Gasteiger partial charge in [-0.25, -0.2) is 4.85 Å². The molecule has 1 fully saturated rings. The number of fused-ring (bicyclic) bond motifs is 1. The standard InChI is InChI=1S/C21H18N2O3S/c1-12-10-14(22-2)6-9-18(12)26-15-7-8-16-13(11-15)4-3-5-17(16)19-20(24)23-21(25)27-19/h6-11,17,19H,3-5H2,1H3,(H,23,24,25)/t17-,19?/m1/s1. The van der Waals surface area contributed by atoms with E-state index in [1.165, 1.54) is 5.56 Å². The van der Waals surface area contributed by atoms with Crippen molar-refractivity contribution in [2.45, 2.75) is 37.4 Å². The Morgan fingerprint density at radius 3 is 2.78 bits per heavy atom. The number of carbonyl (C=O) groups excluding carboxylic acids is 2. The maximum atomic E-state index is 12.1. The van der Waals surface area contributed by atoms with E-state index in [1.54, 1.807) is 6.07 Å². The molecule has 0 spiro atoms.